The van der Waals surface area contributed by atoms with Crippen molar-refractivity contribution in [3.05, 3.63) is 46.3 Å². The van der Waals surface area contributed by atoms with Crippen molar-refractivity contribution in [2.75, 3.05) is 31.1 Å². The fraction of sp³-hybridized carbons (Fsp3) is 0.267. The maximum atomic E-state index is 12.7. The van der Waals surface area contributed by atoms with E-state index in [1.807, 2.05) is 11.0 Å². The molecule has 2 heterocycles. The molecule has 0 radical (unpaired) electrons. The van der Waals surface area contributed by atoms with Gasteiger partial charge in [-0.2, -0.15) is 9.57 Å². The number of hydrogen-bond donors (Lipinski definition) is 0. The summed E-state index contributed by atoms with van der Waals surface area (Å²) in [5.41, 5.74) is 0.225. The number of benzene rings is 1. The molecule has 0 atom stereocenters. The van der Waals surface area contributed by atoms with Crippen molar-refractivity contribution in [2.24, 2.45) is 0 Å². The molecule has 2 aromatic rings. The lowest BCUT2D eigenvalue weighted by Crippen LogP contribution is -2.49. The molecule has 1 aromatic carbocycles. The maximum Gasteiger partial charge on any atom is 0.243 e. The summed E-state index contributed by atoms with van der Waals surface area (Å²) in [6.45, 7) is 1.36. The number of halogens is 2. The topological polar surface area (TPSA) is 90.2 Å². The van der Waals surface area contributed by atoms with E-state index in [2.05, 4.69) is 9.97 Å². The summed E-state index contributed by atoms with van der Waals surface area (Å²) in [5.74, 6) is 0.469. The Kier molecular flexibility index (Phi) is 5.11. The van der Waals surface area contributed by atoms with Gasteiger partial charge >= 0.3 is 0 Å². The second-order valence-corrected chi connectivity index (χ2v) is 8.06. The van der Waals surface area contributed by atoms with Crippen LogP contribution in [0.5, 0.6) is 0 Å². The van der Waals surface area contributed by atoms with E-state index >= 15 is 0 Å². The van der Waals surface area contributed by atoms with Gasteiger partial charge in [0.15, 0.2) is 11.5 Å². The Balaban J connectivity index is 1.77. The molecule has 0 amide bonds. The van der Waals surface area contributed by atoms with Crippen molar-refractivity contribution in [3.63, 3.8) is 0 Å². The van der Waals surface area contributed by atoms with Gasteiger partial charge in [0.25, 0.3) is 0 Å². The average molecular weight is 398 g/mol. The first-order valence-electron chi connectivity index (χ1n) is 7.35. The van der Waals surface area contributed by atoms with Crippen LogP contribution in [0.2, 0.25) is 10.0 Å². The molecule has 0 spiro atoms. The van der Waals surface area contributed by atoms with Gasteiger partial charge in [-0.05, 0) is 18.2 Å². The SMILES string of the molecule is N#Cc1nccnc1N1CCN(S(=O)(=O)c2ccc(Cl)c(Cl)c2)CC1. The summed E-state index contributed by atoms with van der Waals surface area (Å²) in [7, 11) is -3.66. The lowest BCUT2D eigenvalue weighted by molar-refractivity contribution is 0.383. The molecule has 0 bridgehead atoms. The molecule has 1 saturated heterocycles. The van der Waals surface area contributed by atoms with Crippen LogP contribution in [0.15, 0.2) is 35.5 Å². The Bertz CT molecular complexity index is 937. The summed E-state index contributed by atoms with van der Waals surface area (Å²) < 4.78 is 26.9. The van der Waals surface area contributed by atoms with Crippen LogP contribution < -0.4 is 4.90 Å². The monoisotopic (exact) mass is 397 g/mol. The molecule has 1 aliphatic rings. The highest BCUT2D eigenvalue weighted by Crippen LogP contribution is 2.27. The van der Waals surface area contributed by atoms with E-state index in [1.54, 1.807) is 0 Å². The zero-order valence-electron chi connectivity index (χ0n) is 12.9. The van der Waals surface area contributed by atoms with Crippen LogP contribution in [-0.4, -0.2) is 48.9 Å². The Morgan fingerprint density at radius 1 is 1.04 bits per heavy atom. The Labute approximate surface area is 155 Å². The number of anilines is 1. The average Bonchev–Trinajstić information content (AvgIpc) is 2.64. The maximum absolute atomic E-state index is 12.7. The summed E-state index contributed by atoms with van der Waals surface area (Å²) in [4.78, 5) is 10.1. The van der Waals surface area contributed by atoms with Gasteiger partial charge in [0, 0.05) is 38.6 Å². The Morgan fingerprint density at radius 3 is 2.36 bits per heavy atom. The quantitative estimate of drug-likeness (QED) is 0.787. The van der Waals surface area contributed by atoms with Crippen molar-refractivity contribution in [2.45, 2.75) is 4.90 Å². The van der Waals surface area contributed by atoms with Gasteiger partial charge in [-0.3, -0.25) is 0 Å². The van der Waals surface area contributed by atoms with Gasteiger partial charge in [-0.1, -0.05) is 23.2 Å². The van der Waals surface area contributed by atoms with Crippen LogP contribution in [0.1, 0.15) is 5.69 Å². The van der Waals surface area contributed by atoms with Crippen LogP contribution in [0.25, 0.3) is 0 Å². The highest BCUT2D eigenvalue weighted by Gasteiger charge is 2.30. The van der Waals surface area contributed by atoms with Crippen LogP contribution in [0, 0.1) is 11.3 Å². The van der Waals surface area contributed by atoms with Crippen molar-refractivity contribution in [1.82, 2.24) is 14.3 Å². The molecule has 3 rings (SSSR count). The molecule has 1 aliphatic heterocycles. The molecular formula is C15H13Cl2N5O2S. The summed E-state index contributed by atoms with van der Waals surface area (Å²) in [5, 5.41) is 9.62. The molecular weight excluding hydrogens is 385 g/mol. The fourth-order valence-electron chi connectivity index (χ4n) is 2.57. The van der Waals surface area contributed by atoms with Crippen molar-refractivity contribution < 1.29 is 8.42 Å². The van der Waals surface area contributed by atoms with Crippen molar-refractivity contribution in [3.8, 4) is 6.07 Å². The second kappa shape index (κ2) is 7.14. The third-order valence-corrected chi connectivity index (χ3v) is 6.49. The molecule has 0 N–H and O–H groups in total. The number of nitrogens with zero attached hydrogens (tertiary/aromatic N) is 5. The Morgan fingerprint density at radius 2 is 1.72 bits per heavy atom. The van der Waals surface area contributed by atoms with E-state index in [4.69, 9.17) is 28.5 Å². The van der Waals surface area contributed by atoms with Gasteiger partial charge in [-0.25, -0.2) is 18.4 Å². The molecule has 1 fully saturated rings. The zero-order valence-corrected chi connectivity index (χ0v) is 15.3. The molecule has 0 unspecified atom stereocenters. The minimum atomic E-state index is -3.66. The molecule has 10 heteroatoms. The third-order valence-electron chi connectivity index (χ3n) is 3.85. The lowest BCUT2D eigenvalue weighted by Gasteiger charge is -2.34. The summed E-state index contributed by atoms with van der Waals surface area (Å²) in [6.07, 6.45) is 2.96. The van der Waals surface area contributed by atoms with E-state index in [0.29, 0.717) is 23.9 Å². The van der Waals surface area contributed by atoms with Gasteiger partial charge in [0.05, 0.1) is 14.9 Å². The minimum absolute atomic E-state index is 0.104. The Hall–Kier alpha value is -1.92. The first-order valence-corrected chi connectivity index (χ1v) is 9.54. The van der Waals surface area contributed by atoms with Crippen LogP contribution >= 0.6 is 23.2 Å². The first kappa shape index (κ1) is 17.9. The van der Waals surface area contributed by atoms with E-state index in [0.717, 1.165) is 0 Å². The fourth-order valence-corrected chi connectivity index (χ4v) is 4.38. The first-order chi connectivity index (χ1) is 11.9. The minimum Gasteiger partial charge on any atom is -0.352 e. The number of aromatic nitrogens is 2. The van der Waals surface area contributed by atoms with E-state index in [1.165, 1.54) is 34.9 Å². The van der Waals surface area contributed by atoms with Gasteiger partial charge in [0.2, 0.25) is 10.0 Å². The van der Waals surface area contributed by atoms with E-state index in [9.17, 15) is 8.42 Å². The number of piperazine rings is 1. The van der Waals surface area contributed by atoms with Gasteiger partial charge in [0.1, 0.15) is 6.07 Å². The van der Waals surface area contributed by atoms with Crippen LogP contribution in [0.4, 0.5) is 5.82 Å². The van der Waals surface area contributed by atoms with Crippen molar-refractivity contribution in [1.29, 1.82) is 5.26 Å². The second-order valence-electron chi connectivity index (χ2n) is 5.31. The third kappa shape index (κ3) is 3.55. The number of sulfonamides is 1. The van der Waals surface area contributed by atoms with E-state index in [-0.39, 0.29) is 28.7 Å². The standard InChI is InChI=1S/C15H13Cl2N5O2S/c16-12-2-1-11(9-13(12)17)25(23,24)22-7-5-21(6-8-22)15-14(10-18)19-3-4-20-15/h1-4,9H,5-8H2. The molecule has 7 nitrogen and oxygen atoms in total. The number of rotatable bonds is 3. The molecule has 0 saturated carbocycles. The molecule has 25 heavy (non-hydrogen) atoms. The summed E-state index contributed by atoms with van der Waals surface area (Å²) >= 11 is 11.8. The normalized spacial score (nSPS) is 15.8. The number of hydrogen-bond acceptors (Lipinski definition) is 6. The predicted octanol–water partition coefficient (Wildman–Crippen LogP) is 2.17. The zero-order chi connectivity index (χ0) is 18.0. The van der Waals surface area contributed by atoms with Crippen molar-refractivity contribution >= 4 is 39.0 Å². The smallest absolute Gasteiger partial charge is 0.243 e. The predicted molar refractivity (Wildman–Crippen MR) is 94.2 cm³/mol. The molecule has 0 aliphatic carbocycles. The van der Waals surface area contributed by atoms with Gasteiger partial charge < -0.3 is 4.90 Å². The van der Waals surface area contributed by atoms with E-state index < -0.39 is 10.0 Å². The lowest BCUT2D eigenvalue weighted by atomic mass is 10.3. The largest absolute Gasteiger partial charge is 0.352 e. The van der Waals surface area contributed by atoms with Gasteiger partial charge in [-0.15, -0.1) is 0 Å². The highest BCUT2D eigenvalue weighted by molar-refractivity contribution is 7.89. The highest BCUT2D eigenvalue weighted by atomic mass is 35.5. The molecule has 1 aromatic heterocycles. The molecule has 130 valence electrons. The van der Waals surface area contributed by atoms with Crippen LogP contribution in [0.3, 0.4) is 0 Å². The summed E-state index contributed by atoms with van der Waals surface area (Å²) in [6, 6.07) is 6.25. The number of nitriles is 1. The van der Waals surface area contributed by atoms with Crippen LogP contribution in [-0.2, 0) is 10.0 Å².